The van der Waals surface area contributed by atoms with E-state index in [1.165, 1.54) is 7.05 Å². The second kappa shape index (κ2) is 6.05. The van der Waals surface area contributed by atoms with Crippen LogP contribution in [0.25, 0.3) is 0 Å². The highest BCUT2D eigenvalue weighted by Gasteiger charge is 2.21. The van der Waals surface area contributed by atoms with Crippen molar-refractivity contribution in [2.24, 2.45) is 11.0 Å². The van der Waals surface area contributed by atoms with Crippen LogP contribution in [-0.4, -0.2) is 29.5 Å². The van der Waals surface area contributed by atoms with Crippen LogP contribution in [0.2, 0.25) is 0 Å². The van der Waals surface area contributed by atoms with E-state index in [1.54, 1.807) is 12.1 Å². The summed E-state index contributed by atoms with van der Waals surface area (Å²) in [5, 5.41) is 23.3. The van der Waals surface area contributed by atoms with Crippen LogP contribution in [0.4, 0.5) is 5.69 Å². The third-order valence-corrected chi connectivity index (χ3v) is 3.19. The summed E-state index contributed by atoms with van der Waals surface area (Å²) in [4.78, 5) is 12.4. The Hall–Kier alpha value is -2.88. The van der Waals surface area contributed by atoms with E-state index in [9.17, 15) is 4.79 Å². The van der Waals surface area contributed by atoms with Crippen LogP contribution in [0.3, 0.4) is 0 Å². The van der Waals surface area contributed by atoms with Crippen molar-refractivity contribution in [3.05, 3.63) is 29.8 Å². The molecule has 1 heterocycles. The second-order valence-corrected chi connectivity index (χ2v) is 4.85. The van der Waals surface area contributed by atoms with Gasteiger partial charge in [0.2, 0.25) is 11.9 Å². The summed E-state index contributed by atoms with van der Waals surface area (Å²) in [6.07, 6.45) is 2.27. The van der Waals surface area contributed by atoms with Gasteiger partial charge in [0, 0.05) is 25.1 Å². The van der Waals surface area contributed by atoms with Crippen LogP contribution in [0.15, 0.2) is 29.4 Å². The number of nitrogens with zero attached hydrogens (tertiary/aromatic N) is 3. The smallest absolute Gasteiger partial charge is 0.240 e. The van der Waals surface area contributed by atoms with Gasteiger partial charge in [-0.3, -0.25) is 15.1 Å². The van der Waals surface area contributed by atoms with Gasteiger partial charge in [-0.05, 0) is 17.7 Å². The summed E-state index contributed by atoms with van der Waals surface area (Å²) in [5.74, 6) is -0.000932. The number of guanidine groups is 1. The van der Waals surface area contributed by atoms with Crippen LogP contribution < -0.4 is 10.7 Å². The van der Waals surface area contributed by atoms with Gasteiger partial charge < -0.3 is 5.32 Å². The number of benzene rings is 1. The molecule has 7 heteroatoms. The maximum atomic E-state index is 11.2. The van der Waals surface area contributed by atoms with Crippen molar-refractivity contribution in [2.75, 3.05) is 12.4 Å². The monoisotopic (exact) mass is 284 g/mol. The minimum Gasteiger partial charge on any atom is -0.326 e. The van der Waals surface area contributed by atoms with Crippen molar-refractivity contribution < 1.29 is 4.79 Å². The molecule has 108 valence electrons. The Morgan fingerprint density at radius 3 is 2.76 bits per heavy atom. The van der Waals surface area contributed by atoms with E-state index < -0.39 is 0 Å². The number of carbonyl (C=O) groups is 1. The molecule has 7 nitrogen and oxygen atoms in total. The third-order valence-electron chi connectivity index (χ3n) is 3.19. The molecule has 0 spiro atoms. The molecule has 1 atom stereocenters. The third kappa shape index (κ3) is 3.36. The number of rotatable bonds is 2. The van der Waals surface area contributed by atoms with Gasteiger partial charge in [-0.15, -0.1) is 0 Å². The largest absolute Gasteiger partial charge is 0.326 e. The average molecular weight is 284 g/mol. The fraction of sp³-hybridized carbons (Fsp3) is 0.286. The van der Waals surface area contributed by atoms with E-state index in [1.807, 2.05) is 25.2 Å². The van der Waals surface area contributed by atoms with E-state index in [0.717, 1.165) is 16.2 Å². The minimum atomic E-state index is -0.0717. The number of amides is 1. The molecule has 3 N–H and O–H groups in total. The van der Waals surface area contributed by atoms with E-state index in [0.29, 0.717) is 12.1 Å². The standard InChI is InChI=1S/C14H16N6O/c1-9-7-12(21)18-19-13(9)10-3-5-11(6-4-10)17-14(16)20(2)8-15/h3-6,9H,7H2,1-2H3,(H2,16,17)(H,18,21). The maximum absolute atomic E-state index is 11.2. The first-order valence-electron chi connectivity index (χ1n) is 6.47. The molecule has 1 aliphatic rings. The molecule has 0 saturated heterocycles. The number of nitrogens with one attached hydrogen (secondary N) is 3. The molecule has 0 aromatic heterocycles. The molecular weight excluding hydrogens is 268 g/mol. The number of carbonyl (C=O) groups excluding carboxylic acids is 1. The first-order chi connectivity index (χ1) is 10.0. The Bertz CT molecular complexity index is 628. The molecule has 2 rings (SSSR count). The minimum absolute atomic E-state index is 0.000823. The molecule has 21 heavy (non-hydrogen) atoms. The summed E-state index contributed by atoms with van der Waals surface area (Å²) >= 11 is 0. The molecule has 0 bridgehead atoms. The second-order valence-electron chi connectivity index (χ2n) is 4.85. The summed E-state index contributed by atoms with van der Waals surface area (Å²) in [7, 11) is 1.50. The lowest BCUT2D eigenvalue weighted by atomic mass is 9.94. The molecule has 1 aliphatic heterocycles. The van der Waals surface area contributed by atoms with Gasteiger partial charge in [0.15, 0.2) is 6.19 Å². The highest BCUT2D eigenvalue weighted by atomic mass is 16.2. The predicted molar refractivity (Wildman–Crippen MR) is 79.6 cm³/mol. The van der Waals surface area contributed by atoms with Gasteiger partial charge in [0.25, 0.3) is 0 Å². The number of hydrogen-bond donors (Lipinski definition) is 3. The quantitative estimate of drug-likeness (QED) is 0.329. The van der Waals surface area contributed by atoms with Crippen LogP contribution in [0.5, 0.6) is 0 Å². The van der Waals surface area contributed by atoms with Crippen LogP contribution in [-0.2, 0) is 4.79 Å². The molecule has 1 aromatic rings. The normalized spacial score (nSPS) is 17.3. The molecule has 1 aromatic carbocycles. The fourth-order valence-corrected chi connectivity index (χ4v) is 2.00. The first-order valence-corrected chi connectivity index (χ1v) is 6.47. The van der Waals surface area contributed by atoms with Gasteiger partial charge in [0.05, 0.1) is 5.71 Å². The summed E-state index contributed by atoms with van der Waals surface area (Å²) < 4.78 is 0. The Morgan fingerprint density at radius 2 is 2.19 bits per heavy atom. The first kappa shape index (κ1) is 14.5. The summed E-state index contributed by atoms with van der Waals surface area (Å²) in [5.41, 5.74) is 4.96. The van der Waals surface area contributed by atoms with Crippen molar-refractivity contribution in [1.82, 2.24) is 10.3 Å². The Labute approximate surface area is 122 Å². The van der Waals surface area contributed by atoms with Gasteiger partial charge in [-0.2, -0.15) is 10.4 Å². The average Bonchev–Trinajstić information content (AvgIpc) is 2.47. The number of nitriles is 1. The summed E-state index contributed by atoms with van der Waals surface area (Å²) in [6.45, 7) is 1.96. The molecule has 0 radical (unpaired) electrons. The Kier molecular flexibility index (Phi) is 4.18. The molecule has 0 saturated carbocycles. The van der Waals surface area contributed by atoms with Gasteiger partial charge in [0.1, 0.15) is 0 Å². The Morgan fingerprint density at radius 1 is 1.52 bits per heavy atom. The van der Waals surface area contributed by atoms with Gasteiger partial charge in [-0.1, -0.05) is 19.1 Å². The van der Waals surface area contributed by atoms with Gasteiger partial charge >= 0.3 is 0 Å². The van der Waals surface area contributed by atoms with Crippen LogP contribution in [0, 0.1) is 22.8 Å². The number of hydrogen-bond acceptors (Lipinski definition) is 4. The zero-order chi connectivity index (χ0) is 15.4. The fourth-order valence-electron chi connectivity index (χ4n) is 2.00. The SMILES string of the molecule is CC1CC(=O)NN=C1c1ccc(NC(=N)N(C)C#N)cc1. The van der Waals surface area contributed by atoms with Crippen molar-refractivity contribution in [3.8, 4) is 6.19 Å². The number of hydrazone groups is 1. The molecule has 0 fully saturated rings. The summed E-state index contributed by atoms with van der Waals surface area (Å²) in [6, 6.07) is 7.35. The highest BCUT2D eigenvalue weighted by molar-refractivity contribution is 6.06. The van der Waals surface area contributed by atoms with E-state index in [2.05, 4.69) is 15.8 Å². The molecule has 0 aliphatic carbocycles. The topological polar surface area (TPSA) is 104 Å². The lowest BCUT2D eigenvalue weighted by Crippen LogP contribution is -2.32. The maximum Gasteiger partial charge on any atom is 0.240 e. The van der Waals surface area contributed by atoms with Gasteiger partial charge in [-0.25, -0.2) is 5.43 Å². The Balaban J connectivity index is 2.11. The van der Waals surface area contributed by atoms with Crippen molar-refractivity contribution in [1.29, 1.82) is 10.7 Å². The van der Waals surface area contributed by atoms with Crippen molar-refractivity contribution in [3.63, 3.8) is 0 Å². The van der Waals surface area contributed by atoms with E-state index in [4.69, 9.17) is 10.7 Å². The molecule has 1 unspecified atom stereocenters. The van der Waals surface area contributed by atoms with Crippen LogP contribution >= 0.6 is 0 Å². The molecule has 1 amide bonds. The van der Waals surface area contributed by atoms with Crippen LogP contribution in [0.1, 0.15) is 18.9 Å². The molecular formula is C14H16N6O. The predicted octanol–water partition coefficient (Wildman–Crippen LogP) is 1.31. The van der Waals surface area contributed by atoms with Crippen molar-refractivity contribution >= 4 is 23.3 Å². The highest BCUT2D eigenvalue weighted by Crippen LogP contribution is 2.18. The van der Waals surface area contributed by atoms with E-state index >= 15 is 0 Å². The zero-order valence-electron chi connectivity index (χ0n) is 11.8. The van der Waals surface area contributed by atoms with E-state index in [-0.39, 0.29) is 17.8 Å². The number of anilines is 1. The van der Waals surface area contributed by atoms with Crippen molar-refractivity contribution in [2.45, 2.75) is 13.3 Å². The zero-order valence-corrected chi connectivity index (χ0v) is 11.8. The lowest BCUT2D eigenvalue weighted by molar-refractivity contribution is -0.121. The lowest BCUT2D eigenvalue weighted by Gasteiger charge is -2.19.